The Morgan fingerprint density at radius 3 is 2.15 bits per heavy atom. The fourth-order valence-corrected chi connectivity index (χ4v) is 3.57. The number of amides is 1. The number of carbonyl (C=O) groups excluding carboxylic acids is 3. The molecule has 2 aliphatic carbocycles. The highest BCUT2D eigenvalue weighted by Gasteiger charge is 2.44. The zero-order valence-electron chi connectivity index (χ0n) is 14.3. The molecule has 1 fully saturated rings. The highest BCUT2D eigenvalue weighted by molar-refractivity contribution is 6.36. The van der Waals surface area contributed by atoms with Gasteiger partial charge in [-0.25, -0.2) is 5.43 Å². The molecule has 1 N–H and O–H groups in total. The second kappa shape index (κ2) is 6.33. The van der Waals surface area contributed by atoms with Gasteiger partial charge in [-0.05, 0) is 24.8 Å². The van der Waals surface area contributed by atoms with Crippen LogP contribution in [0.2, 0.25) is 0 Å². The van der Waals surface area contributed by atoms with Gasteiger partial charge in [0.05, 0.1) is 5.71 Å². The van der Waals surface area contributed by atoms with Crippen LogP contribution in [0.15, 0.2) is 59.7 Å². The molecule has 0 aliphatic heterocycles. The van der Waals surface area contributed by atoms with Gasteiger partial charge in [0.2, 0.25) is 5.91 Å². The number of nitrogens with one attached hydrogen (secondary N) is 1. The fourth-order valence-electron chi connectivity index (χ4n) is 3.57. The first kappa shape index (κ1) is 16.4. The Hall–Kier alpha value is -3.08. The summed E-state index contributed by atoms with van der Waals surface area (Å²) in [5.74, 6) is -1.51. The van der Waals surface area contributed by atoms with Crippen LogP contribution in [0.3, 0.4) is 0 Å². The largest absolute Gasteiger partial charge is 0.293 e. The average Bonchev–Trinajstić information content (AvgIpc) is 3.43. The van der Waals surface area contributed by atoms with E-state index in [4.69, 9.17) is 0 Å². The Bertz CT molecular complexity index is 898. The number of carbonyl (C=O) groups is 3. The summed E-state index contributed by atoms with van der Waals surface area (Å²) < 4.78 is 0. The maximum absolute atomic E-state index is 12.5. The summed E-state index contributed by atoms with van der Waals surface area (Å²) >= 11 is 0. The van der Waals surface area contributed by atoms with Gasteiger partial charge in [0, 0.05) is 17.0 Å². The molecule has 0 saturated heterocycles. The Morgan fingerprint density at radius 2 is 1.54 bits per heavy atom. The average molecular weight is 346 g/mol. The van der Waals surface area contributed by atoms with Crippen LogP contribution < -0.4 is 5.43 Å². The predicted molar refractivity (Wildman–Crippen MR) is 97.1 cm³/mol. The van der Waals surface area contributed by atoms with Crippen LogP contribution in [-0.2, 0) is 4.79 Å². The van der Waals surface area contributed by atoms with Gasteiger partial charge < -0.3 is 0 Å². The van der Waals surface area contributed by atoms with E-state index in [0.717, 1.165) is 12.0 Å². The van der Waals surface area contributed by atoms with E-state index in [1.165, 1.54) is 0 Å². The number of hydrazone groups is 1. The Balaban J connectivity index is 1.43. The van der Waals surface area contributed by atoms with Gasteiger partial charge in [-0.15, -0.1) is 0 Å². The van der Waals surface area contributed by atoms with Crippen molar-refractivity contribution < 1.29 is 14.4 Å². The van der Waals surface area contributed by atoms with Crippen LogP contribution in [0.4, 0.5) is 0 Å². The molecule has 130 valence electrons. The normalized spacial score (nSPS) is 22.3. The molecule has 5 heteroatoms. The maximum atomic E-state index is 12.5. The molecule has 5 nitrogen and oxygen atoms in total. The molecule has 4 rings (SSSR count). The maximum Gasteiger partial charge on any atom is 0.243 e. The number of rotatable bonds is 4. The minimum Gasteiger partial charge on any atom is -0.293 e. The number of hydrogen-bond acceptors (Lipinski definition) is 4. The first-order chi connectivity index (χ1) is 12.6. The Labute approximate surface area is 151 Å². The lowest BCUT2D eigenvalue weighted by molar-refractivity contribution is -0.122. The smallest absolute Gasteiger partial charge is 0.243 e. The van der Waals surface area contributed by atoms with E-state index in [2.05, 4.69) is 10.5 Å². The highest BCUT2D eigenvalue weighted by atomic mass is 16.2. The van der Waals surface area contributed by atoms with E-state index < -0.39 is 5.92 Å². The van der Waals surface area contributed by atoms with Crippen LogP contribution in [-0.4, -0.2) is 23.2 Å². The van der Waals surface area contributed by atoms with Crippen LogP contribution in [0.25, 0.3) is 0 Å². The van der Waals surface area contributed by atoms with E-state index in [1.807, 2.05) is 30.3 Å². The molecule has 1 saturated carbocycles. The zero-order valence-corrected chi connectivity index (χ0v) is 14.3. The molecule has 0 heterocycles. The van der Waals surface area contributed by atoms with Gasteiger partial charge in [0.1, 0.15) is 5.92 Å². The molecule has 0 bridgehead atoms. The summed E-state index contributed by atoms with van der Waals surface area (Å²) in [7, 11) is 0. The molecule has 0 spiro atoms. The number of fused-ring (bicyclic) bond motifs is 1. The van der Waals surface area contributed by atoms with E-state index in [9.17, 15) is 14.4 Å². The number of hydrogen-bond donors (Lipinski definition) is 1. The first-order valence-electron chi connectivity index (χ1n) is 8.64. The van der Waals surface area contributed by atoms with Gasteiger partial charge in [0.15, 0.2) is 11.6 Å². The van der Waals surface area contributed by atoms with Crippen molar-refractivity contribution >= 4 is 23.2 Å². The molecular formula is C21H18N2O3. The summed E-state index contributed by atoms with van der Waals surface area (Å²) in [5, 5.41) is 4.05. The molecule has 2 atom stereocenters. The van der Waals surface area contributed by atoms with Gasteiger partial charge in [-0.1, -0.05) is 54.6 Å². The lowest BCUT2D eigenvalue weighted by Gasteiger charge is -2.07. The lowest BCUT2D eigenvalue weighted by Crippen LogP contribution is -2.28. The van der Waals surface area contributed by atoms with E-state index >= 15 is 0 Å². The number of Topliss-reactive ketones (excluding diaryl/α,β-unsaturated/α-hetero) is 2. The predicted octanol–water partition coefficient (Wildman–Crippen LogP) is 2.98. The quantitative estimate of drug-likeness (QED) is 0.525. The van der Waals surface area contributed by atoms with Gasteiger partial charge in [-0.2, -0.15) is 5.10 Å². The summed E-state index contributed by atoms with van der Waals surface area (Å²) in [4.78, 5) is 37.2. The van der Waals surface area contributed by atoms with E-state index in [-0.39, 0.29) is 29.3 Å². The molecule has 26 heavy (non-hydrogen) atoms. The molecule has 2 aliphatic rings. The SMILES string of the molecule is C/C(=N\NC(=O)C1CC1c1ccccc1)C1C(=O)c2ccccc2C1=O. The van der Waals surface area contributed by atoms with Crippen molar-refractivity contribution in [3.05, 3.63) is 71.3 Å². The van der Waals surface area contributed by atoms with Crippen molar-refractivity contribution in [3.8, 4) is 0 Å². The molecule has 0 aromatic heterocycles. The summed E-state index contributed by atoms with van der Waals surface area (Å²) in [6.45, 7) is 1.61. The molecular weight excluding hydrogens is 328 g/mol. The van der Waals surface area contributed by atoms with Crippen molar-refractivity contribution in [2.24, 2.45) is 16.9 Å². The van der Waals surface area contributed by atoms with Crippen molar-refractivity contribution in [2.75, 3.05) is 0 Å². The minimum atomic E-state index is -0.933. The highest BCUT2D eigenvalue weighted by Crippen LogP contribution is 2.47. The zero-order chi connectivity index (χ0) is 18.3. The van der Waals surface area contributed by atoms with Crippen molar-refractivity contribution in [2.45, 2.75) is 19.3 Å². The van der Waals surface area contributed by atoms with Crippen molar-refractivity contribution in [1.82, 2.24) is 5.43 Å². The Morgan fingerprint density at radius 1 is 0.962 bits per heavy atom. The van der Waals surface area contributed by atoms with Gasteiger partial charge in [0.25, 0.3) is 0 Å². The second-order valence-electron chi connectivity index (χ2n) is 6.80. The third kappa shape index (κ3) is 2.75. The summed E-state index contributed by atoms with van der Waals surface area (Å²) in [5.41, 5.74) is 4.85. The molecule has 2 unspecified atom stereocenters. The topological polar surface area (TPSA) is 75.6 Å². The molecule has 1 amide bonds. The van der Waals surface area contributed by atoms with Gasteiger partial charge in [-0.3, -0.25) is 14.4 Å². The van der Waals surface area contributed by atoms with Crippen LogP contribution in [0.5, 0.6) is 0 Å². The molecule has 2 aromatic carbocycles. The third-order valence-corrected chi connectivity index (χ3v) is 5.10. The van der Waals surface area contributed by atoms with E-state index in [1.54, 1.807) is 31.2 Å². The summed E-state index contributed by atoms with van der Waals surface area (Å²) in [6.07, 6.45) is 0.789. The van der Waals surface area contributed by atoms with Crippen LogP contribution in [0, 0.1) is 11.8 Å². The van der Waals surface area contributed by atoms with E-state index in [0.29, 0.717) is 16.8 Å². The minimum absolute atomic E-state index is 0.110. The number of benzene rings is 2. The van der Waals surface area contributed by atoms with Crippen molar-refractivity contribution in [1.29, 1.82) is 0 Å². The lowest BCUT2D eigenvalue weighted by atomic mass is 9.99. The number of ketones is 2. The molecule has 2 aromatic rings. The van der Waals surface area contributed by atoms with Gasteiger partial charge >= 0.3 is 0 Å². The van der Waals surface area contributed by atoms with Crippen LogP contribution >= 0.6 is 0 Å². The fraction of sp³-hybridized carbons (Fsp3) is 0.238. The third-order valence-electron chi connectivity index (χ3n) is 5.10. The first-order valence-corrected chi connectivity index (χ1v) is 8.64. The van der Waals surface area contributed by atoms with Crippen molar-refractivity contribution in [3.63, 3.8) is 0 Å². The summed E-state index contributed by atoms with van der Waals surface area (Å²) in [6, 6.07) is 16.7. The number of nitrogens with zero attached hydrogens (tertiary/aromatic N) is 1. The second-order valence-corrected chi connectivity index (χ2v) is 6.80. The standard InChI is InChI=1S/C21H18N2O3/c1-12(18-19(24)14-9-5-6-10-15(14)20(18)25)22-23-21(26)17-11-16(17)13-7-3-2-4-8-13/h2-10,16-18H,11H2,1H3,(H,23,26)/b22-12+. The Kier molecular flexibility index (Phi) is 3.99. The van der Waals surface area contributed by atoms with Crippen LogP contribution in [0.1, 0.15) is 45.5 Å². The monoisotopic (exact) mass is 346 g/mol. The molecule has 0 radical (unpaired) electrons.